The van der Waals surface area contributed by atoms with Crippen molar-refractivity contribution in [3.8, 4) is 11.3 Å². The number of rotatable bonds is 4. The molecular formula is C24H25N3O5S. The van der Waals surface area contributed by atoms with Gasteiger partial charge in [-0.1, -0.05) is 42.5 Å². The van der Waals surface area contributed by atoms with Crippen LogP contribution in [0.2, 0.25) is 0 Å². The van der Waals surface area contributed by atoms with Gasteiger partial charge in [0.25, 0.3) is 5.91 Å². The summed E-state index contributed by atoms with van der Waals surface area (Å²) in [6, 6.07) is 18.5. The number of hydrogen-bond donors (Lipinski definition) is 2. The molecular weight excluding hydrogens is 442 g/mol. The van der Waals surface area contributed by atoms with E-state index in [1.807, 2.05) is 36.4 Å². The molecule has 2 aromatic carbocycles. The fourth-order valence-electron chi connectivity index (χ4n) is 4.94. The van der Waals surface area contributed by atoms with Crippen LogP contribution >= 0.6 is 0 Å². The zero-order chi connectivity index (χ0) is 23.2. The number of piperidine rings is 1. The predicted molar refractivity (Wildman–Crippen MR) is 124 cm³/mol. The Hall–Kier alpha value is -3.14. The second-order valence-electron chi connectivity index (χ2n) is 8.64. The van der Waals surface area contributed by atoms with E-state index in [9.17, 15) is 17.8 Å². The minimum absolute atomic E-state index is 0.149. The highest BCUT2D eigenvalue weighted by Gasteiger charge is 2.48. The number of benzene rings is 2. The summed E-state index contributed by atoms with van der Waals surface area (Å²) in [6.45, 7) is 1.38. The van der Waals surface area contributed by atoms with Crippen LogP contribution in [0.5, 0.6) is 0 Å². The topological polar surface area (TPSA) is 117 Å². The van der Waals surface area contributed by atoms with Gasteiger partial charge in [0.1, 0.15) is 5.76 Å². The molecule has 3 N–H and O–H groups in total. The van der Waals surface area contributed by atoms with Crippen molar-refractivity contribution in [1.29, 1.82) is 0 Å². The summed E-state index contributed by atoms with van der Waals surface area (Å²) in [6.07, 6.45) is 1.13. The molecule has 172 valence electrons. The van der Waals surface area contributed by atoms with Crippen LogP contribution in [-0.2, 0) is 22.3 Å². The van der Waals surface area contributed by atoms with Crippen LogP contribution in [0.25, 0.3) is 11.3 Å². The number of likely N-dealkylation sites (tertiary alicyclic amines) is 1. The van der Waals surface area contributed by atoms with Crippen LogP contribution in [-0.4, -0.2) is 43.4 Å². The normalized spacial score (nSPS) is 17.4. The summed E-state index contributed by atoms with van der Waals surface area (Å²) in [4.78, 5) is 14.8. The van der Waals surface area contributed by atoms with Gasteiger partial charge in [-0.3, -0.25) is 9.35 Å². The smallest absolute Gasteiger partial charge is 0.360 e. The highest BCUT2D eigenvalue weighted by Crippen LogP contribution is 2.48. The van der Waals surface area contributed by atoms with Crippen molar-refractivity contribution in [3.63, 3.8) is 0 Å². The molecule has 1 aromatic heterocycles. The fraction of sp³-hybridized carbons (Fsp3) is 0.292. The van der Waals surface area contributed by atoms with Gasteiger partial charge in [-0.25, -0.2) is 4.31 Å². The molecule has 8 nitrogen and oxygen atoms in total. The lowest BCUT2D eigenvalue weighted by Gasteiger charge is -2.39. The van der Waals surface area contributed by atoms with Gasteiger partial charge in [-0.15, -0.1) is 0 Å². The van der Waals surface area contributed by atoms with Crippen LogP contribution < -0.4 is 10.0 Å². The molecule has 1 fully saturated rings. The summed E-state index contributed by atoms with van der Waals surface area (Å²) >= 11 is 0. The van der Waals surface area contributed by atoms with Gasteiger partial charge in [0.05, 0.1) is 5.69 Å². The number of anilines is 1. The Kier molecular flexibility index (Phi) is 5.27. The van der Waals surface area contributed by atoms with Crippen LogP contribution in [0, 0.1) is 0 Å². The first-order chi connectivity index (χ1) is 15.8. The molecule has 1 saturated heterocycles. The van der Waals surface area contributed by atoms with Gasteiger partial charge in [-0.05, 0) is 42.2 Å². The van der Waals surface area contributed by atoms with Gasteiger partial charge in [-0.2, -0.15) is 8.42 Å². The first kappa shape index (κ1) is 21.7. The summed E-state index contributed by atoms with van der Waals surface area (Å²) in [5, 5.41) is 0. The molecule has 3 aromatic rings. The van der Waals surface area contributed by atoms with Gasteiger partial charge in [0.2, 0.25) is 0 Å². The lowest BCUT2D eigenvalue weighted by molar-refractivity contribution is 0.0644. The number of fused-ring (bicyclic) bond motifs is 2. The van der Waals surface area contributed by atoms with E-state index >= 15 is 0 Å². The molecule has 1 spiro atoms. The molecule has 0 aliphatic carbocycles. The number of nitrogens with zero attached hydrogens (tertiary/aromatic N) is 2. The van der Waals surface area contributed by atoms with E-state index in [1.54, 1.807) is 29.2 Å². The van der Waals surface area contributed by atoms with Crippen LogP contribution in [0.3, 0.4) is 0 Å². The standard InChI is InChI=1S/C24H25N3O5S/c25-15-17-6-7-20-19(14-17)24(16-27(20)33(29,30)31)10-12-26(13-11-24)23(28)22-9-8-21(32-22)18-4-2-1-3-5-18/h1-9,14H,10-13,15-16,25H2,(H,29,30,31). The fourth-order valence-corrected chi connectivity index (χ4v) is 5.75. The Balaban J connectivity index is 1.37. The zero-order valence-electron chi connectivity index (χ0n) is 18.0. The lowest BCUT2D eigenvalue weighted by atomic mass is 9.74. The SMILES string of the molecule is NCc1ccc2c(c1)C1(CCN(C(=O)c3ccc(-c4ccccc4)o3)CC1)CN2S(=O)(=O)O. The average Bonchev–Trinajstić information content (AvgIpc) is 3.44. The second kappa shape index (κ2) is 8.02. The Morgan fingerprint density at radius 2 is 1.79 bits per heavy atom. The molecule has 2 aliphatic rings. The van der Waals surface area contributed by atoms with Crippen LogP contribution in [0.1, 0.15) is 34.5 Å². The maximum Gasteiger partial charge on any atom is 0.360 e. The van der Waals surface area contributed by atoms with E-state index in [1.165, 1.54) is 0 Å². The summed E-state index contributed by atoms with van der Waals surface area (Å²) in [7, 11) is -4.40. The highest BCUT2D eigenvalue weighted by molar-refractivity contribution is 7.87. The zero-order valence-corrected chi connectivity index (χ0v) is 18.8. The molecule has 5 rings (SSSR count). The number of carbonyl (C=O) groups is 1. The predicted octanol–water partition coefficient (Wildman–Crippen LogP) is 3.20. The summed E-state index contributed by atoms with van der Waals surface area (Å²) < 4.78 is 40.7. The van der Waals surface area contributed by atoms with Crippen molar-refractivity contribution < 1.29 is 22.2 Å². The molecule has 3 heterocycles. The molecule has 2 aliphatic heterocycles. The van der Waals surface area contributed by atoms with E-state index in [0.29, 0.717) is 43.9 Å². The molecule has 0 bridgehead atoms. The van der Waals surface area contributed by atoms with E-state index < -0.39 is 15.7 Å². The number of carbonyl (C=O) groups excluding carboxylic acids is 1. The molecule has 9 heteroatoms. The third-order valence-corrected chi connectivity index (χ3v) is 7.63. The highest BCUT2D eigenvalue weighted by atomic mass is 32.2. The van der Waals surface area contributed by atoms with Crippen molar-refractivity contribution in [2.75, 3.05) is 23.9 Å². The number of hydrogen-bond acceptors (Lipinski definition) is 5. The number of furan rings is 1. The maximum absolute atomic E-state index is 13.1. The monoisotopic (exact) mass is 467 g/mol. The first-order valence-corrected chi connectivity index (χ1v) is 12.2. The first-order valence-electron chi connectivity index (χ1n) is 10.8. The number of amides is 1. The molecule has 1 amide bonds. The van der Waals surface area contributed by atoms with E-state index in [-0.39, 0.29) is 18.2 Å². The van der Waals surface area contributed by atoms with Crippen LogP contribution in [0.4, 0.5) is 5.69 Å². The van der Waals surface area contributed by atoms with Crippen molar-refractivity contribution in [2.24, 2.45) is 5.73 Å². The Morgan fingerprint density at radius 1 is 1.06 bits per heavy atom. The quantitative estimate of drug-likeness (QED) is 0.569. The lowest BCUT2D eigenvalue weighted by Crippen LogP contribution is -2.47. The largest absolute Gasteiger partial charge is 0.451 e. The Labute approximate surface area is 192 Å². The second-order valence-corrected chi connectivity index (χ2v) is 9.98. The molecule has 0 atom stereocenters. The van der Waals surface area contributed by atoms with Crippen molar-refractivity contribution in [2.45, 2.75) is 24.8 Å². The van der Waals surface area contributed by atoms with Gasteiger partial charge in [0, 0.05) is 37.2 Å². The Morgan fingerprint density at radius 3 is 2.45 bits per heavy atom. The van der Waals surface area contributed by atoms with Gasteiger partial charge >= 0.3 is 10.3 Å². The summed E-state index contributed by atoms with van der Waals surface area (Å²) in [5.41, 5.74) is 8.46. The van der Waals surface area contributed by atoms with Crippen molar-refractivity contribution >= 4 is 21.9 Å². The minimum atomic E-state index is -4.40. The van der Waals surface area contributed by atoms with Crippen LogP contribution in [0.15, 0.2) is 65.1 Å². The van der Waals surface area contributed by atoms with E-state index in [4.69, 9.17) is 10.2 Å². The summed E-state index contributed by atoms with van der Waals surface area (Å²) in [5.74, 6) is 0.726. The maximum atomic E-state index is 13.1. The molecule has 33 heavy (non-hydrogen) atoms. The van der Waals surface area contributed by atoms with Gasteiger partial charge in [0.15, 0.2) is 5.76 Å². The van der Waals surface area contributed by atoms with Crippen molar-refractivity contribution in [3.05, 3.63) is 77.6 Å². The number of nitrogens with two attached hydrogens (primary N) is 1. The Bertz CT molecular complexity index is 1290. The molecule has 0 radical (unpaired) electrons. The third-order valence-electron chi connectivity index (χ3n) is 6.74. The minimum Gasteiger partial charge on any atom is -0.451 e. The average molecular weight is 468 g/mol. The molecule has 0 saturated carbocycles. The van der Waals surface area contributed by atoms with Gasteiger partial charge < -0.3 is 15.1 Å². The van der Waals surface area contributed by atoms with E-state index in [0.717, 1.165) is 21.0 Å². The van der Waals surface area contributed by atoms with Crippen molar-refractivity contribution in [1.82, 2.24) is 4.90 Å². The van der Waals surface area contributed by atoms with E-state index in [2.05, 4.69) is 0 Å². The molecule has 0 unspecified atom stereocenters. The third kappa shape index (κ3) is 3.82.